The predicted octanol–water partition coefficient (Wildman–Crippen LogP) is 3.44. The fourth-order valence-corrected chi connectivity index (χ4v) is 3.69. The number of carbonyl (C=O) groups is 1. The molecule has 3 heterocycles. The summed E-state index contributed by atoms with van der Waals surface area (Å²) in [7, 11) is 0. The number of hydrogen-bond acceptors (Lipinski definition) is 8. The van der Waals surface area contributed by atoms with E-state index in [0.717, 1.165) is 25.7 Å². The van der Waals surface area contributed by atoms with E-state index in [4.69, 9.17) is 0 Å². The zero-order valence-corrected chi connectivity index (χ0v) is 19.0. The van der Waals surface area contributed by atoms with E-state index < -0.39 is 11.5 Å². The van der Waals surface area contributed by atoms with Gasteiger partial charge in [-0.2, -0.15) is 9.78 Å². The van der Waals surface area contributed by atoms with Gasteiger partial charge in [0, 0.05) is 11.5 Å². The van der Waals surface area contributed by atoms with Gasteiger partial charge >= 0.3 is 0 Å². The third kappa shape index (κ3) is 5.04. The molecule has 10 heteroatoms. The van der Waals surface area contributed by atoms with Crippen LogP contribution in [0.5, 0.6) is 0 Å². The summed E-state index contributed by atoms with van der Waals surface area (Å²) in [5.41, 5.74) is 0.800. The first-order valence-electron chi connectivity index (χ1n) is 11.0. The minimum atomic E-state index is -0.545. The normalized spacial score (nSPS) is 18.5. The number of hydrogen-bond donors (Lipinski definition) is 4. The Labute approximate surface area is 192 Å². The van der Waals surface area contributed by atoms with Gasteiger partial charge in [0.25, 0.3) is 0 Å². The Kier molecular flexibility index (Phi) is 6.16. The number of pyridine rings is 1. The van der Waals surface area contributed by atoms with Gasteiger partial charge in [-0.25, -0.2) is 9.97 Å². The van der Waals surface area contributed by atoms with Crippen LogP contribution < -0.4 is 16.0 Å². The standard InChI is InChI=1S/C23H28N8O2/c1-23(2,3)22(33)29-19-10-6-9-18(28-19)27-16-11-20(26-15-7-4-5-8-17(15)32)30-31-14(12-24)13-25-21(16)31/h6,9-11,13,15,17,32H,4-5,7-8H2,1-3H3,(H,26,30)(H2,27,28,29,33)/t15-,17-/m1/s1. The topological polar surface area (TPSA) is 140 Å². The lowest BCUT2D eigenvalue weighted by Gasteiger charge is -2.28. The van der Waals surface area contributed by atoms with Crippen molar-refractivity contribution in [3.63, 3.8) is 0 Å². The van der Waals surface area contributed by atoms with E-state index in [1.807, 2.05) is 20.8 Å². The zero-order valence-electron chi connectivity index (χ0n) is 19.0. The highest BCUT2D eigenvalue weighted by atomic mass is 16.3. The Hall–Kier alpha value is -3.71. The van der Waals surface area contributed by atoms with E-state index >= 15 is 0 Å². The molecule has 4 N–H and O–H groups in total. The van der Waals surface area contributed by atoms with Gasteiger partial charge in [-0.1, -0.05) is 39.7 Å². The smallest absolute Gasteiger partial charge is 0.230 e. The van der Waals surface area contributed by atoms with Crippen LogP contribution in [-0.2, 0) is 4.79 Å². The fourth-order valence-electron chi connectivity index (χ4n) is 3.69. The maximum atomic E-state index is 12.3. The Morgan fingerprint density at radius 2 is 1.97 bits per heavy atom. The van der Waals surface area contributed by atoms with E-state index in [-0.39, 0.29) is 11.9 Å². The Bertz CT molecular complexity index is 1210. The molecule has 3 aromatic rings. The van der Waals surface area contributed by atoms with Crippen molar-refractivity contribution in [1.29, 1.82) is 5.26 Å². The summed E-state index contributed by atoms with van der Waals surface area (Å²) in [5, 5.41) is 33.7. The molecular formula is C23H28N8O2. The molecule has 0 aromatic carbocycles. The molecule has 0 spiro atoms. The molecule has 172 valence electrons. The lowest BCUT2D eigenvalue weighted by Crippen LogP contribution is -2.36. The predicted molar refractivity (Wildman–Crippen MR) is 125 cm³/mol. The van der Waals surface area contributed by atoms with Gasteiger partial charge in [0.05, 0.1) is 24.0 Å². The van der Waals surface area contributed by atoms with Crippen molar-refractivity contribution in [2.45, 2.75) is 58.6 Å². The molecule has 1 saturated carbocycles. The molecule has 0 aliphatic heterocycles. The zero-order chi connectivity index (χ0) is 23.6. The average molecular weight is 449 g/mol. The van der Waals surface area contributed by atoms with Crippen molar-refractivity contribution < 1.29 is 9.90 Å². The monoisotopic (exact) mass is 448 g/mol. The number of aromatic nitrogens is 4. The highest BCUT2D eigenvalue weighted by Gasteiger charge is 2.24. The van der Waals surface area contributed by atoms with Crippen LogP contribution >= 0.6 is 0 Å². The summed E-state index contributed by atoms with van der Waals surface area (Å²) in [6.45, 7) is 5.50. The molecule has 10 nitrogen and oxygen atoms in total. The second kappa shape index (κ2) is 9.03. The van der Waals surface area contributed by atoms with Gasteiger partial charge in [-0.3, -0.25) is 4.79 Å². The van der Waals surface area contributed by atoms with Gasteiger partial charge in [-0.05, 0) is 25.0 Å². The Morgan fingerprint density at radius 1 is 1.21 bits per heavy atom. The van der Waals surface area contributed by atoms with Crippen LogP contribution in [0.15, 0.2) is 30.5 Å². The lowest BCUT2D eigenvalue weighted by atomic mass is 9.92. The lowest BCUT2D eigenvalue weighted by molar-refractivity contribution is -0.123. The number of rotatable bonds is 5. The van der Waals surface area contributed by atoms with Crippen LogP contribution in [-0.4, -0.2) is 42.7 Å². The first-order valence-corrected chi connectivity index (χ1v) is 11.0. The van der Waals surface area contributed by atoms with Gasteiger partial charge in [0.1, 0.15) is 23.5 Å². The number of fused-ring (bicyclic) bond motifs is 1. The number of aliphatic hydroxyl groups is 1. The summed E-state index contributed by atoms with van der Waals surface area (Å²) in [6, 6.07) is 9.05. The van der Waals surface area contributed by atoms with E-state index in [9.17, 15) is 15.2 Å². The van der Waals surface area contributed by atoms with Gasteiger partial charge in [0.2, 0.25) is 5.91 Å². The van der Waals surface area contributed by atoms with Gasteiger partial charge < -0.3 is 21.1 Å². The number of nitriles is 1. The van der Waals surface area contributed by atoms with Crippen LogP contribution in [0.1, 0.15) is 52.1 Å². The summed E-state index contributed by atoms with van der Waals surface area (Å²) in [4.78, 5) is 21.1. The molecule has 0 unspecified atom stereocenters. The summed E-state index contributed by atoms with van der Waals surface area (Å²) in [6.07, 6.45) is 4.64. The van der Waals surface area contributed by atoms with Gasteiger partial charge in [-0.15, -0.1) is 5.10 Å². The summed E-state index contributed by atoms with van der Waals surface area (Å²) < 4.78 is 1.46. The fraction of sp³-hybridized carbons (Fsp3) is 0.435. The Balaban J connectivity index is 1.64. The average Bonchev–Trinajstić information content (AvgIpc) is 3.18. The van der Waals surface area contributed by atoms with Crippen LogP contribution in [0.25, 0.3) is 5.65 Å². The molecule has 4 rings (SSSR count). The number of imidazole rings is 1. The van der Waals surface area contributed by atoms with Gasteiger partial charge in [0.15, 0.2) is 11.3 Å². The number of nitrogens with zero attached hydrogens (tertiary/aromatic N) is 5. The molecule has 1 amide bonds. The second-order valence-electron chi connectivity index (χ2n) is 9.27. The maximum Gasteiger partial charge on any atom is 0.230 e. The molecule has 0 bridgehead atoms. The SMILES string of the molecule is CC(C)(C)C(=O)Nc1cccc(Nc2cc(N[C@@H]3CCCC[C@H]3O)nn3c(C#N)cnc23)n1. The Morgan fingerprint density at radius 3 is 2.70 bits per heavy atom. The third-order valence-electron chi connectivity index (χ3n) is 5.58. The molecule has 0 radical (unpaired) electrons. The van der Waals surface area contributed by atoms with Crippen molar-refractivity contribution >= 4 is 34.7 Å². The molecule has 0 saturated heterocycles. The van der Waals surface area contributed by atoms with E-state index in [0.29, 0.717) is 34.5 Å². The molecule has 33 heavy (non-hydrogen) atoms. The quantitative estimate of drug-likeness (QED) is 0.465. The number of carbonyl (C=O) groups excluding carboxylic acids is 1. The number of nitrogens with one attached hydrogen (secondary N) is 3. The highest BCUT2D eigenvalue weighted by molar-refractivity contribution is 5.93. The van der Waals surface area contributed by atoms with Crippen LogP contribution in [0, 0.1) is 16.7 Å². The molecule has 1 fully saturated rings. The van der Waals surface area contributed by atoms with E-state index in [2.05, 4.69) is 37.1 Å². The number of amides is 1. The van der Waals surface area contributed by atoms with E-state index in [1.165, 1.54) is 10.7 Å². The minimum Gasteiger partial charge on any atom is -0.391 e. The van der Waals surface area contributed by atoms with Crippen molar-refractivity contribution in [1.82, 2.24) is 19.6 Å². The molecule has 1 aliphatic rings. The van der Waals surface area contributed by atoms with E-state index in [1.54, 1.807) is 24.3 Å². The second-order valence-corrected chi connectivity index (χ2v) is 9.27. The first-order chi connectivity index (χ1) is 15.7. The third-order valence-corrected chi connectivity index (χ3v) is 5.58. The highest BCUT2D eigenvalue weighted by Crippen LogP contribution is 2.27. The minimum absolute atomic E-state index is 0.111. The molecule has 1 aliphatic carbocycles. The van der Waals surface area contributed by atoms with Crippen molar-refractivity contribution in [2.75, 3.05) is 16.0 Å². The largest absolute Gasteiger partial charge is 0.391 e. The number of aliphatic hydroxyl groups excluding tert-OH is 1. The summed E-state index contributed by atoms with van der Waals surface area (Å²) >= 11 is 0. The molecule has 3 aromatic heterocycles. The van der Waals surface area contributed by atoms with Crippen LogP contribution in [0.3, 0.4) is 0 Å². The molecular weight excluding hydrogens is 420 g/mol. The number of anilines is 4. The maximum absolute atomic E-state index is 12.3. The van der Waals surface area contributed by atoms with Crippen LogP contribution in [0.2, 0.25) is 0 Å². The first kappa shape index (κ1) is 22.5. The van der Waals surface area contributed by atoms with Crippen LogP contribution in [0.4, 0.5) is 23.1 Å². The van der Waals surface area contributed by atoms with Crippen molar-refractivity contribution in [3.8, 4) is 6.07 Å². The summed E-state index contributed by atoms with van der Waals surface area (Å²) in [5.74, 6) is 1.31. The van der Waals surface area contributed by atoms with Crippen molar-refractivity contribution in [3.05, 3.63) is 36.2 Å². The molecule has 2 atom stereocenters. The van der Waals surface area contributed by atoms with Crippen molar-refractivity contribution in [2.24, 2.45) is 5.41 Å².